The molecule has 6 heteroatoms. The van der Waals surface area contributed by atoms with Crippen molar-refractivity contribution in [2.75, 3.05) is 18.6 Å². The zero-order valence-electron chi connectivity index (χ0n) is 16.0. The maximum Gasteiger partial charge on any atom is 0.227 e. The number of hydrogen-bond acceptors (Lipinski definition) is 3. The zero-order valence-corrected chi connectivity index (χ0v) is 16.7. The van der Waals surface area contributed by atoms with Crippen molar-refractivity contribution in [1.82, 2.24) is 9.55 Å². The number of rotatable bonds is 5. The second kappa shape index (κ2) is 7.32. The second-order valence-corrected chi connectivity index (χ2v) is 7.63. The van der Waals surface area contributed by atoms with Crippen molar-refractivity contribution >= 4 is 34.2 Å². The Morgan fingerprint density at radius 3 is 2.86 bits per heavy atom. The number of halogens is 1. The van der Waals surface area contributed by atoms with E-state index in [2.05, 4.69) is 17.2 Å². The molecular weight excluding hydrogens is 374 g/mol. The maximum atomic E-state index is 12.8. The van der Waals surface area contributed by atoms with Crippen molar-refractivity contribution in [1.29, 1.82) is 0 Å². The SMILES string of the molecule is C=C(C)Cn1c(C2CC(=O)N(c3cc(OC)ccc3Cl)C2)nc2ccccc21. The van der Waals surface area contributed by atoms with Crippen LogP contribution in [0.4, 0.5) is 5.69 Å². The Labute approximate surface area is 169 Å². The lowest BCUT2D eigenvalue weighted by Crippen LogP contribution is -2.25. The quantitative estimate of drug-likeness (QED) is 0.583. The van der Waals surface area contributed by atoms with E-state index in [-0.39, 0.29) is 11.8 Å². The summed E-state index contributed by atoms with van der Waals surface area (Å²) in [5, 5.41) is 0.533. The van der Waals surface area contributed by atoms with E-state index in [0.29, 0.717) is 36.0 Å². The number of benzene rings is 2. The molecule has 144 valence electrons. The third kappa shape index (κ3) is 3.27. The molecule has 1 aromatic heterocycles. The number of nitrogens with zero attached hydrogens (tertiary/aromatic N) is 3. The Morgan fingerprint density at radius 2 is 2.11 bits per heavy atom. The monoisotopic (exact) mass is 395 g/mol. The minimum atomic E-state index is -0.0125. The first-order valence-corrected chi connectivity index (χ1v) is 9.59. The number of carbonyl (C=O) groups excluding carboxylic acids is 1. The van der Waals surface area contributed by atoms with E-state index in [0.717, 1.165) is 22.4 Å². The van der Waals surface area contributed by atoms with Crippen LogP contribution in [0, 0.1) is 0 Å². The van der Waals surface area contributed by atoms with Crippen LogP contribution in [0.1, 0.15) is 25.1 Å². The highest BCUT2D eigenvalue weighted by Gasteiger charge is 2.35. The number of imidazole rings is 1. The molecule has 1 saturated heterocycles. The Balaban J connectivity index is 1.72. The molecule has 0 spiro atoms. The average Bonchev–Trinajstić information content (AvgIpc) is 3.23. The third-order valence-corrected chi connectivity index (χ3v) is 5.37. The number of fused-ring (bicyclic) bond motifs is 1. The van der Waals surface area contributed by atoms with E-state index in [9.17, 15) is 4.79 Å². The van der Waals surface area contributed by atoms with Crippen molar-refractivity contribution in [2.45, 2.75) is 25.8 Å². The summed E-state index contributed by atoms with van der Waals surface area (Å²) in [6.07, 6.45) is 0.396. The first kappa shape index (κ1) is 18.6. The molecule has 1 atom stereocenters. The van der Waals surface area contributed by atoms with Crippen LogP contribution in [0.15, 0.2) is 54.6 Å². The zero-order chi connectivity index (χ0) is 19.8. The number of para-hydroxylation sites is 2. The summed E-state index contributed by atoms with van der Waals surface area (Å²) in [5.74, 6) is 1.61. The molecule has 0 N–H and O–H groups in total. The minimum absolute atomic E-state index is 0.0125. The molecule has 1 aliphatic rings. The van der Waals surface area contributed by atoms with Gasteiger partial charge in [0.25, 0.3) is 0 Å². The lowest BCUT2D eigenvalue weighted by atomic mass is 10.1. The van der Waals surface area contributed by atoms with Gasteiger partial charge in [-0.25, -0.2) is 4.98 Å². The van der Waals surface area contributed by atoms with Gasteiger partial charge in [-0.05, 0) is 31.2 Å². The Morgan fingerprint density at radius 1 is 1.32 bits per heavy atom. The molecule has 1 amide bonds. The first-order valence-electron chi connectivity index (χ1n) is 9.21. The fraction of sp³-hybridized carbons (Fsp3) is 0.273. The highest BCUT2D eigenvalue weighted by molar-refractivity contribution is 6.34. The number of hydrogen-bond donors (Lipinski definition) is 0. The van der Waals surface area contributed by atoms with Gasteiger partial charge in [-0.2, -0.15) is 0 Å². The maximum absolute atomic E-state index is 12.8. The highest BCUT2D eigenvalue weighted by atomic mass is 35.5. The Kier molecular flexibility index (Phi) is 4.85. The van der Waals surface area contributed by atoms with Crippen LogP contribution in [0.5, 0.6) is 5.75 Å². The van der Waals surface area contributed by atoms with Crippen LogP contribution in [0.2, 0.25) is 5.02 Å². The molecule has 2 heterocycles. The molecule has 0 bridgehead atoms. The lowest BCUT2D eigenvalue weighted by molar-refractivity contribution is -0.117. The summed E-state index contributed by atoms with van der Waals surface area (Å²) in [6.45, 7) is 7.27. The van der Waals surface area contributed by atoms with Gasteiger partial charge in [-0.15, -0.1) is 0 Å². The number of allylic oxidation sites excluding steroid dienone is 1. The number of ether oxygens (including phenoxy) is 1. The van der Waals surface area contributed by atoms with E-state index in [1.807, 2.05) is 25.1 Å². The van der Waals surface area contributed by atoms with Gasteiger partial charge >= 0.3 is 0 Å². The highest BCUT2D eigenvalue weighted by Crippen LogP contribution is 2.37. The lowest BCUT2D eigenvalue weighted by Gasteiger charge is -2.19. The van der Waals surface area contributed by atoms with Gasteiger partial charge in [0, 0.05) is 31.5 Å². The van der Waals surface area contributed by atoms with Gasteiger partial charge in [0.15, 0.2) is 0 Å². The van der Waals surface area contributed by atoms with E-state index < -0.39 is 0 Å². The van der Waals surface area contributed by atoms with Crippen molar-refractivity contribution in [3.8, 4) is 5.75 Å². The molecule has 5 nitrogen and oxygen atoms in total. The average molecular weight is 396 g/mol. The van der Waals surface area contributed by atoms with E-state index in [1.165, 1.54) is 0 Å². The van der Waals surface area contributed by atoms with Crippen LogP contribution in [-0.4, -0.2) is 29.1 Å². The number of aromatic nitrogens is 2. The number of carbonyl (C=O) groups is 1. The molecular formula is C22H22ClN3O2. The predicted octanol–water partition coefficient (Wildman–Crippen LogP) is 4.79. The number of methoxy groups -OCH3 is 1. The van der Waals surface area contributed by atoms with Crippen LogP contribution in [-0.2, 0) is 11.3 Å². The standard InChI is InChI=1S/C22H22ClN3O2/c1-14(2)12-26-19-7-5-4-6-18(19)24-22(26)15-10-21(27)25(13-15)20-11-16(28-3)8-9-17(20)23/h4-9,11,15H,1,10,12-13H2,2-3H3. The van der Waals surface area contributed by atoms with Gasteiger partial charge in [0.05, 0.1) is 28.9 Å². The van der Waals surface area contributed by atoms with Crippen molar-refractivity contribution in [3.63, 3.8) is 0 Å². The van der Waals surface area contributed by atoms with Crippen LogP contribution in [0.3, 0.4) is 0 Å². The summed E-state index contributed by atoms with van der Waals surface area (Å²) in [7, 11) is 1.60. The summed E-state index contributed by atoms with van der Waals surface area (Å²) in [6, 6.07) is 13.4. The molecule has 0 aliphatic carbocycles. The summed E-state index contributed by atoms with van der Waals surface area (Å²) >= 11 is 6.37. The van der Waals surface area contributed by atoms with E-state index in [1.54, 1.807) is 30.2 Å². The first-order chi connectivity index (χ1) is 13.5. The normalized spacial score (nSPS) is 16.8. The summed E-state index contributed by atoms with van der Waals surface area (Å²) < 4.78 is 7.47. The molecule has 1 aliphatic heterocycles. The Bertz CT molecular complexity index is 1070. The van der Waals surface area contributed by atoms with Gasteiger partial charge in [0.1, 0.15) is 11.6 Å². The van der Waals surface area contributed by atoms with Crippen LogP contribution >= 0.6 is 11.6 Å². The molecule has 2 aromatic carbocycles. The van der Waals surface area contributed by atoms with Gasteiger partial charge < -0.3 is 14.2 Å². The second-order valence-electron chi connectivity index (χ2n) is 7.22. The van der Waals surface area contributed by atoms with Crippen molar-refractivity contribution in [2.24, 2.45) is 0 Å². The predicted molar refractivity (Wildman–Crippen MR) is 112 cm³/mol. The summed E-state index contributed by atoms with van der Waals surface area (Å²) in [5.41, 5.74) is 3.72. The fourth-order valence-corrected chi connectivity index (χ4v) is 4.00. The topological polar surface area (TPSA) is 47.4 Å². The minimum Gasteiger partial charge on any atom is -0.497 e. The Hall–Kier alpha value is -2.79. The van der Waals surface area contributed by atoms with Gasteiger partial charge in [-0.1, -0.05) is 35.9 Å². The molecule has 0 saturated carbocycles. The number of amides is 1. The van der Waals surface area contributed by atoms with Crippen LogP contribution < -0.4 is 9.64 Å². The molecule has 1 fully saturated rings. The summed E-state index contributed by atoms with van der Waals surface area (Å²) in [4.78, 5) is 19.4. The fourth-order valence-electron chi connectivity index (χ4n) is 3.78. The van der Waals surface area contributed by atoms with Gasteiger partial charge in [-0.3, -0.25) is 4.79 Å². The third-order valence-electron chi connectivity index (χ3n) is 5.05. The van der Waals surface area contributed by atoms with E-state index >= 15 is 0 Å². The molecule has 0 radical (unpaired) electrons. The van der Waals surface area contributed by atoms with E-state index in [4.69, 9.17) is 21.3 Å². The molecule has 4 rings (SSSR count). The number of anilines is 1. The van der Waals surface area contributed by atoms with Crippen molar-refractivity contribution in [3.05, 3.63) is 65.5 Å². The molecule has 28 heavy (non-hydrogen) atoms. The van der Waals surface area contributed by atoms with Gasteiger partial charge in [0.2, 0.25) is 5.91 Å². The smallest absolute Gasteiger partial charge is 0.227 e. The molecule has 1 unspecified atom stereocenters. The molecule has 3 aromatic rings. The largest absolute Gasteiger partial charge is 0.497 e. The van der Waals surface area contributed by atoms with Crippen molar-refractivity contribution < 1.29 is 9.53 Å². The van der Waals surface area contributed by atoms with Crippen LogP contribution in [0.25, 0.3) is 11.0 Å².